The summed E-state index contributed by atoms with van der Waals surface area (Å²) in [6.07, 6.45) is 3.72. The van der Waals surface area contributed by atoms with Crippen molar-refractivity contribution in [1.82, 2.24) is 14.5 Å². The molecule has 2 fully saturated rings. The Morgan fingerprint density at radius 2 is 1.82 bits per heavy atom. The van der Waals surface area contributed by atoms with Crippen molar-refractivity contribution in [3.8, 4) is 0 Å². The van der Waals surface area contributed by atoms with Gasteiger partial charge in [-0.25, -0.2) is 8.42 Å². The van der Waals surface area contributed by atoms with Crippen LogP contribution in [0.5, 0.6) is 0 Å². The largest absolute Gasteiger partial charge is 0.353 e. The zero-order valence-electron chi connectivity index (χ0n) is 17.2. The molecule has 2 heterocycles. The van der Waals surface area contributed by atoms with Gasteiger partial charge in [-0.15, -0.1) is 0 Å². The summed E-state index contributed by atoms with van der Waals surface area (Å²) in [6, 6.07) is 7.75. The van der Waals surface area contributed by atoms with E-state index in [9.17, 15) is 13.2 Å². The van der Waals surface area contributed by atoms with Crippen LogP contribution in [0, 0.1) is 5.92 Å². The van der Waals surface area contributed by atoms with E-state index < -0.39 is 16.1 Å². The summed E-state index contributed by atoms with van der Waals surface area (Å²) in [4.78, 5) is 15.6. The molecule has 6 nitrogen and oxygen atoms in total. The highest BCUT2D eigenvalue weighted by Crippen LogP contribution is 2.27. The Bertz CT molecular complexity index is 779. The highest BCUT2D eigenvalue weighted by atomic mass is 32.2. The zero-order chi connectivity index (χ0) is 20.4. The summed E-state index contributed by atoms with van der Waals surface area (Å²) < 4.78 is 27.3. The second-order valence-corrected chi connectivity index (χ2v) is 10.7. The average Bonchev–Trinajstić information content (AvgIpc) is 3.18. The van der Waals surface area contributed by atoms with Gasteiger partial charge in [-0.3, -0.25) is 9.69 Å². The van der Waals surface area contributed by atoms with Gasteiger partial charge in [-0.05, 0) is 64.1 Å². The fourth-order valence-electron chi connectivity index (χ4n) is 4.29. The summed E-state index contributed by atoms with van der Waals surface area (Å²) in [5, 5.41) is 3.04. The molecule has 2 unspecified atom stereocenters. The Hall–Kier alpha value is -1.44. The Balaban J connectivity index is 1.65. The Kier molecular flexibility index (Phi) is 6.47. The first-order valence-corrected chi connectivity index (χ1v) is 11.8. The molecule has 156 valence electrons. The molecule has 1 N–H and O–H groups in total. The minimum atomic E-state index is -3.65. The Morgan fingerprint density at radius 3 is 2.50 bits per heavy atom. The van der Waals surface area contributed by atoms with Gasteiger partial charge in [0.15, 0.2) is 0 Å². The molecule has 2 aliphatic heterocycles. The van der Waals surface area contributed by atoms with Gasteiger partial charge in [-0.1, -0.05) is 25.1 Å². The van der Waals surface area contributed by atoms with Crippen LogP contribution in [0.15, 0.2) is 35.2 Å². The average molecular weight is 408 g/mol. The predicted octanol–water partition coefficient (Wildman–Crippen LogP) is 2.47. The number of hydrogen-bond donors (Lipinski definition) is 1. The monoisotopic (exact) mass is 407 g/mol. The van der Waals surface area contributed by atoms with Crippen molar-refractivity contribution in [2.75, 3.05) is 26.2 Å². The molecular formula is C21H33N3O3S. The van der Waals surface area contributed by atoms with Crippen LogP contribution in [0.4, 0.5) is 0 Å². The van der Waals surface area contributed by atoms with Gasteiger partial charge in [0.25, 0.3) is 0 Å². The fourth-order valence-corrected chi connectivity index (χ4v) is 5.97. The lowest BCUT2D eigenvalue weighted by atomic mass is 9.93. The highest BCUT2D eigenvalue weighted by Gasteiger charge is 2.40. The fraction of sp³-hybridized carbons (Fsp3) is 0.667. The molecule has 2 atom stereocenters. The standard InChI is InChI=1S/C21H33N3O3S/c1-17-9-7-13-23(15-17)21(2,3)16-22-20(25)19-12-8-14-24(19)28(26,27)18-10-5-4-6-11-18/h4-6,10-11,17,19H,7-9,12-16H2,1-3H3,(H,22,25). The second kappa shape index (κ2) is 8.51. The molecule has 1 aromatic rings. The van der Waals surface area contributed by atoms with Crippen LogP contribution >= 0.6 is 0 Å². The van der Waals surface area contributed by atoms with Gasteiger partial charge in [0.05, 0.1) is 4.90 Å². The lowest BCUT2D eigenvalue weighted by molar-refractivity contribution is -0.124. The van der Waals surface area contributed by atoms with Crippen LogP contribution in [0.25, 0.3) is 0 Å². The van der Waals surface area contributed by atoms with E-state index in [0.717, 1.165) is 13.1 Å². The molecule has 3 rings (SSSR count). The third kappa shape index (κ3) is 4.58. The van der Waals surface area contributed by atoms with Crippen molar-refractivity contribution < 1.29 is 13.2 Å². The van der Waals surface area contributed by atoms with Crippen molar-refractivity contribution in [3.63, 3.8) is 0 Å². The quantitative estimate of drug-likeness (QED) is 0.786. The summed E-state index contributed by atoms with van der Waals surface area (Å²) in [5.74, 6) is 0.486. The first kappa shape index (κ1) is 21.3. The van der Waals surface area contributed by atoms with Gasteiger partial charge >= 0.3 is 0 Å². The van der Waals surface area contributed by atoms with Crippen molar-refractivity contribution >= 4 is 15.9 Å². The van der Waals surface area contributed by atoms with E-state index in [1.54, 1.807) is 30.3 Å². The van der Waals surface area contributed by atoms with Crippen LogP contribution in [0.1, 0.15) is 46.5 Å². The number of nitrogens with one attached hydrogen (secondary N) is 1. The first-order valence-electron chi connectivity index (χ1n) is 10.3. The van der Waals surface area contributed by atoms with Crippen molar-refractivity contribution in [2.24, 2.45) is 5.92 Å². The molecule has 0 aliphatic carbocycles. The predicted molar refractivity (Wildman–Crippen MR) is 110 cm³/mol. The van der Waals surface area contributed by atoms with Gasteiger partial charge in [0.2, 0.25) is 15.9 Å². The van der Waals surface area contributed by atoms with E-state index in [1.807, 2.05) is 0 Å². The number of sulfonamides is 1. The van der Waals surface area contributed by atoms with E-state index in [1.165, 1.54) is 17.1 Å². The Morgan fingerprint density at radius 1 is 1.14 bits per heavy atom. The van der Waals surface area contributed by atoms with E-state index in [-0.39, 0.29) is 16.3 Å². The molecule has 0 spiro atoms. The molecule has 1 aromatic carbocycles. The first-order chi connectivity index (χ1) is 13.2. The minimum absolute atomic E-state index is 0.147. The van der Waals surface area contributed by atoms with E-state index in [4.69, 9.17) is 0 Å². The summed E-state index contributed by atoms with van der Waals surface area (Å²) in [5.41, 5.74) is -0.147. The highest BCUT2D eigenvalue weighted by molar-refractivity contribution is 7.89. The van der Waals surface area contributed by atoms with Crippen LogP contribution in [0.3, 0.4) is 0 Å². The summed E-state index contributed by atoms with van der Waals surface area (Å²) in [6.45, 7) is 9.57. The molecule has 7 heteroatoms. The number of hydrogen-bond acceptors (Lipinski definition) is 4. The van der Waals surface area contributed by atoms with Gasteiger partial charge in [-0.2, -0.15) is 4.31 Å². The van der Waals surface area contributed by atoms with Crippen LogP contribution < -0.4 is 5.32 Å². The van der Waals surface area contributed by atoms with Crippen molar-refractivity contribution in [2.45, 2.75) is 62.9 Å². The molecule has 0 bridgehead atoms. The number of rotatable bonds is 6. The van der Waals surface area contributed by atoms with Crippen LogP contribution in [-0.2, 0) is 14.8 Å². The minimum Gasteiger partial charge on any atom is -0.353 e. The molecule has 0 radical (unpaired) electrons. The summed E-state index contributed by atoms with van der Waals surface area (Å²) in [7, 11) is -3.65. The Labute approximate surface area is 169 Å². The third-order valence-electron chi connectivity index (χ3n) is 6.06. The number of carbonyl (C=O) groups excluding carboxylic acids is 1. The maximum absolute atomic E-state index is 13.0. The molecule has 2 saturated heterocycles. The number of nitrogens with zero attached hydrogens (tertiary/aromatic N) is 2. The van der Waals surface area contributed by atoms with Gasteiger partial charge < -0.3 is 5.32 Å². The second-order valence-electron chi connectivity index (χ2n) is 8.81. The van der Waals surface area contributed by atoms with Crippen LogP contribution in [0.2, 0.25) is 0 Å². The molecular weight excluding hydrogens is 374 g/mol. The van der Waals surface area contributed by atoms with Crippen LogP contribution in [-0.4, -0.2) is 61.3 Å². The number of amides is 1. The maximum atomic E-state index is 13.0. The molecule has 2 aliphatic rings. The maximum Gasteiger partial charge on any atom is 0.243 e. The molecule has 28 heavy (non-hydrogen) atoms. The van der Waals surface area contributed by atoms with Crippen molar-refractivity contribution in [3.05, 3.63) is 30.3 Å². The summed E-state index contributed by atoms with van der Waals surface area (Å²) >= 11 is 0. The lowest BCUT2D eigenvalue weighted by Crippen LogP contribution is -2.56. The lowest BCUT2D eigenvalue weighted by Gasteiger charge is -2.43. The zero-order valence-corrected chi connectivity index (χ0v) is 18.0. The number of likely N-dealkylation sites (tertiary alicyclic amines) is 1. The molecule has 0 saturated carbocycles. The molecule has 0 aromatic heterocycles. The topological polar surface area (TPSA) is 69.7 Å². The number of piperidine rings is 1. The smallest absolute Gasteiger partial charge is 0.243 e. The third-order valence-corrected chi connectivity index (χ3v) is 7.99. The van der Waals surface area contributed by atoms with Gasteiger partial charge in [0, 0.05) is 25.2 Å². The van der Waals surface area contributed by atoms with E-state index in [2.05, 4.69) is 31.0 Å². The number of carbonyl (C=O) groups is 1. The number of benzene rings is 1. The van der Waals surface area contributed by atoms with Crippen molar-refractivity contribution in [1.29, 1.82) is 0 Å². The SMILES string of the molecule is CC1CCCN(C(C)(C)CNC(=O)C2CCCN2S(=O)(=O)c2ccccc2)C1. The molecule has 1 amide bonds. The van der Waals surface area contributed by atoms with E-state index in [0.29, 0.717) is 31.8 Å². The van der Waals surface area contributed by atoms with Gasteiger partial charge in [0.1, 0.15) is 6.04 Å². The van der Waals surface area contributed by atoms with E-state index >= 15 is 0 Å². The normalized spacial score (nSPS) is 25.0.